The monoisotopic (exact) mass is 215 g/mol. The van der Waals surface area contributed by atoms with Gasteiger partial charge in [0.1, 0.15) is 5.84 Å². The number of amidine groups is 1. The van der Waals surface area contributed by atoms with Crippen LogP contribution in [0.3, 0.4) is 0 Å². The van der Waals surface area contributed by atoms with Gasteiger partial charge in [0.05, 0.1) is 6.10 Å². The molecule has 0 aliphatic heterocycles. The molecule has 1 saturated carbocycles. The zero-order valence-electron chi connectivity index (χ0n) is 9.02. The summed E-state index contributed by atoms with van der Waals surface area (Å²) >= 11 is 0. The van der Waals surface area contributed by atoms with Gasteiger partial charge in [-0.05, 0) is 44.7 Å². The highest BCUT2D eigenvalue weighted by Gasteiger charge is 2.21. The van der Waals surface area contributed by atoms with Crippen LogP contribution in [0.15, 0.2) is 5.16 Å². The molecular weight excluding hydrogens is 194 g/mol. The molecule has 2 unspecified atom stereocenters. The van der Waals surface area contributed by atoms with E-state index in [1.807, 2.05) is 0 Å². The van der Waals surface area contributed by atoms with E-state index in [-0.39, 0.29) is 11.9 Å². The van der Waals surface area contributed by atoms with Crippen molar-refractivity contribution >= 4 is 5.84 Å². The molecular formula is C10H21N3O2. The van der Waals surface area contributed by atoms with Crippen molar-refractivity contribution in [2.75, 3.05) is 13.1 Å². The minimum absolute atomic E-state index is 0.0889. The largest absolute Gasteiger partial charge is 0.409 e. The minimum Gasteiger partial charge on any atom is -0.409 e. The maximum atomic E-state index is 9.32. The summed E-state index contributed by atoms with van der Waals surface area (Å²) in [7, 11) is 0. The van der Waals surface area contributed by atoms with Crippen molar-refractivity contribution in [1.82, 2.24) is 5.32 Å². The second kappa shape index (κ2) is 6.63. The average molecular weight is 215 g/mol. The van der Waals surface area contributed by atoms with Crippen LogP contribution in [0.2, 0.25) is 0 Å². The molecule has 0 aromatic rings. The zero-order chi connectivity index (χ0) is 11.1. The molecule has 0 saturated heterocycles. The van der Waals surface area contributed by atoms with Gasteiger partial charge in [0.25, 0.3) is 0 Å². The third-order valence-electron chi connectivity index (χ3n) is 2.86. The summed E-state index contributed by atoms with van der Waals surface area (Å²) in [6.07, 6.45) is 4.40. The Balaban J connectivity index is 1.93. The van der Waals surface area contributed by atoms with Crippen molar-refractivity contribution in [3.05, 3.63) is 0 Å². The maximum absolute atomic E-state index is 9.32. The Kier molecular flexibility index (Phi) is 5.42. The van der Waals surface area contributed by atoms with Crippen molar-refractivity contribution in [1.29, 1.82) is 0 Å². The van der Waals surface area contributed by atoms with Crippen molar-refractivity contribution in [3.63, 3.8) is 0 Å². The van der Waals surface area contributed by atoms with Crippen LogP contribution in [0.5, 0.6) is 0 Å². The van der Waals surface area contributed by atoms with Crippen LogP contribution in [-0.2, 0) is 0 Å². The quantitative estimate of drug-likeness (QED) is 0.168. The molecule has 1 rings (SSSR count). The highest BCUT2D eigenvalue weighted by molar-refractivity contribution is 5.79. The first kappa shape index (κ1) is 12.3. The third kappa shape index (κ3) is 4.99. The summed E-state index contributed by atoms with van der Waals surface area (Å²) in [5.41, 5.74) is 5.33. The summed E-state index contributed by atoms with van der Waals surface area (Å²) in [6, 6.07) is 0. The summed E-state index contributed by atoms with van der Waals surface area (Å²) in [4.78, 5) is 0. The SMILES string of the molecule is NC(CCCNCC1CCC(O)C1)=NO. The molecule has 15 heavy (non-hydrogen) atoms. The molecule has 5 heteroatoms. The van der Waals surface area contributed by atoms with Gasteiger partial charge in [-0.3, -0.25) is 0 Å². The molecule has 1 aliphatic carbocycles. The first-order valence-electron chi connectivity index (χ1n) is 5.57. The highest BCUT2D eigenvalue weighted by atomic mass is 16.4. The van der Waals surface area contributed by atoms with Crippen LogP contribution in [-0.4, -0.2) is 35.3 Å². The van der Waals surface area contributed by atoms with Crippen LogP contribution in [0.4, 0.5) is 0 Å². The molecule has 88 valence electrons. The van der Waals surface area contributed by atoms with Gasteiger partial charge in [0.2, 0.25) is 0 Å². The normalized spacial score (nSPS) is 27.1. The summed E-state index contributed by atoms with van der Waals surface area (Å²) in [6.45, 7) is 1.84. The lowest BCUT2D eigenvalue weighted by molar-refractivity contribution is 0.177. The lowest BCUT2D eigenvalue weighted by atomic mass is 10.1. The Bertz CT molecular complexity index is 209. The van der Waals surface area contributed by atoms with E-state index in [0.717, 1.165) is 38.8 Å². The number of nitrogens with one attached hydrogen (secondary N) is 1. The Labute approximate surface area is 90.3 Å². The highest BCUT2D eigenvalue weighted by Crippen LogP contribution is 2.24. The number of rotatable bonds is 6. The van der Waals surface area contributed by atoms with Gasteiger partial charge in [-0.25, -0.2) is 0 Å². The van der Waals surface area contributed by atoms with Gasteiger partial charge in [0, 0.05) is 6.42 Å². The van der Waals surface area contributed by atoms with E-state index in [1.165, 1.54) is 0 Å². The van der Waals surface area contributed by atoms with E-state index in [0.29, 0.717) is 12.3 Å². The number of hydrogen-bond donors (Lipinski definition) is 4. The third-order valence-corrected chi connectivity index (χ3v) is 2.86. The topological polar surface area (TPSA) is 90.9 Å². The molecule has 0 heterocycles. The molecule has 1 fully saturated rings. The second-order valence-electron chi connectivity index (χ2n) is 4.23. The molecule has 2 atom stereocenters. The molecule has 0 aromatic carbocycles. The molecule has 5 N–H and O–H groups in total. The fraction of sp³-hybridized carbons (Fsp3) is 0.900. The Morgan fingerprint density at radius 2 is 2.27 bits per heavy atom. The molecule has 0 bridgehead atoms. The van der Waals surface area contributed by atoms with Crippen LogP contribution < -0.4 is 11.1 Å². The van der Waals surface area contributed by atoms with Crippen LogP contribution in [0.1, 0.15) is 32.1 Å². The lowest BCUT2D eigenvalue weighted by Gasteiger charge is -2.10. The lowest BCUT2D eigenvalue weighted by Crippen LogP contribution is -2.24. The second-order valence-corrected chi connectivity index (χ2v) is 4.23. The van der Waals surface area contributed by atoms with E-state index in [1.54, 1.807) is 0 Å². The van der Waals surface area contributed by atoms with E-state index in [4.69, 9.17) is 10.9 Å². The number of hydrogen-bond acceptors (Lipinski definition) is 4. The summed E-state index contributed by atoms with van der Waals surface area (Å²) < 4.78 is 0. The molecule has 0 radical (unpaired) electrons. The summed E-state index contributed by atoms with van der Waals surface area (Å²) in [5, 5.41) is 23.9. The number of aliphatic hydroxyl groups excluding tert-OH is 1. The van der Waals surface area contributed by atoms with Gasteiger partial charge in [-0.15, -0.1) is 0 Å². The van der Waals surface area contributed by atoms with Gasteiger partial charge < -0.3 is 21.4 Å². The van der Waals surface area contributed by atoms with Crippen molar-refractivity contribution in [2.45, 2.75) is 38.2 Å². The average Bonchev–Trinajstić information content (AvgIpc) is 2.63. The fourth-order valence-corrected chi connectivity index (χ4v) is 1.98. The van der Waals surface area contributed by atoms with Gasteiger partial charge >= 0.3 is 0 Å². The first-order chi connectivity index (χ1) is 7.22. The van der Waals surface area contributed by atoms with E-state index >= 15 is 0 Å². The number of oxime groups is 1. The van der Waals surface area contributed by atoms with Gasteiger partial charge in [-0.1, -0.05) is 5.16 Å². The molecule has 0 aromatic heterocycles. The Morgan fingerprint density at radius 3 is 2.87 bits per heavy atom. The van der Waals surface area contributed by atoms with Crippen molar-refractivity contribution < 1.29 is 10.3 Å². The van der Waals surface area contributed by atoms with Crippen molar-refractivity contribution in [2.24, 2.45) is 16.8 Å². The van der Waals surface area contributed by atoms with E-state index in [2.05, 4.69) is 10.5 Å². The van der Waals surface area contributed by atoms with Crippen LogP contribution >= 0.6 is 0 Å². The summed E-state index contributed by atoms with van der Waals surface area (Å²) in [5.74, 6) is 0.900. The fourth-order valence-electron chi connectivity index (χ4n) is 1.98. The number of nitrogens with two attached hydrogens (primary N) is 1. The predicted molar refractivity (Wildman–Crippen MR) is 58.9 cm³/mol. The maximum Gasteiger partial charge on any atom is 0.139 e. The predicted octanol–water partition coefficient (Wildman–Crippen LogP) is 0.264. The van der Waals surface area contributed by atoms with Gasteiger partial charge in [-0.2, -0.15) is 0 Å². The Morgan fingerprint density at radius 1 is 1.47 bits per heavy atom. The van der Waals surface area contributed by atoms with Gasteiger partial charge in [0.15, 0.2) is 0 Å². The van der Waals surface area contributed by atoms with Crippen LogP contribution in [0, 0.1) is 5.92 Å². The Hall–Kier alpha value is -0.810. The smallest absolute Gasteiger partial charge is 0.139 e. The standard InChI is InChI=1S/C10H21N3O2/c11-10(13-15)2-1-5-12-7-8-3-4-9(14)6-8/h8-9,12,14-15H,1-7H2,(H2,11,13). The molecule has 5 nitrogen and oxygen atoms in total. The zero-order valence-corrected chi connectivity index (χ0v) is 9.02. The van der Waals surface area contributed by atoms with E-state index in [9.17, 15) is 5.11 Å². The van der Waals surface area contributed by atoms with Crippen LogP contribution in [0.25, 0.3) is 0 Å². The first-order valence-corrected chi connectivity index (χ1v) is 5.57. The number of nitrogens with zero attached hydrogens (tertiary/aromatic N) is 1. The van der Waals surface area contributed by atoms with Crippen molar-refractivity contribution in [3.8, 4) is 0 Å². The minimum atomic E-state index is -0.0889. The molecule has 1 aliphatic rings. The number of aliphatic hydroxyl groups is 1. The molecule has 0 spiro atoms. The molecule has 0 amide bonds. The van der Waals surface area contributed by atoms with E-state index < -0.39 is 0 Å².